The highest BCUT2D eigenvalue weighted by atomic mass is 16.5. The molecule has 1 heterocycles. The molecule has 0 aliphatic carbocycles. The molecule has 5 nitrogen and oxygen atoms in total. The van der Waals surface area contributed by atoms with Crippen LogP contribution >= 0.6 is 0 Å². The molecule has 0 atom stereocenters. The molecule has 0 aromatic carbocycles. The first-order valence-corrected chi connectivity index (χ1v) is 6.82. The molecule has 0 amide bonds. The van der Waals surface area contributed by atoms with Gasteiger partial charge in [-0.05, 0) is 34.1 Å². The lowest BCUT2D eigenvalue weighted by Crippen LogP contribution is -2.35. The van der Waals surface area contributed by atoms with Gasteiger partial charge in [-0.25, -0.2) is 4.98 Å². The average Bonchev–Trinajstić information content (AvgIpc) is 2.73. The first-order chi connectivity index (χ1) is 8.92. The summed E-state index contributed by atoms with van der Waals surface area (Å²) in [5.41, 5.74) is 1.22. The average molecular weight is 267 g/mol. The fourth-order valence-corrected chi connectivity index (χ4v) is 1.68. The van der Waals surface area contributed by atoms with Gasteiger partial charge in [-0.1, -0.05) is 0 Å². The maximum Gasteiger partial charge on any atom is 0.305 e. The van der Waals surface area contributed by atoms with Crippen molar-refractivity contribution in [3.63, 3.8) is 0 Å². The first kappa shape index (κ1) is 15.7. The topological polar surface area (TPSA) is 56.2 Å². The van der Waals surface area contributed by atoms with E-state index < -0.39 is 0 Å². The minimum atomic E-state index is -0.128. The Morgan fingerprint density at radius 1 is 1.47 bits per heavy atom. The summed E-state index contributed by atoms with van der Waals surface area (Å²) in [7, 11) is 0. The van der Waals surface area contributed by atoms with Crippen molar-refractivity contribution in [1.29, 1.82) is 0 Å². The van der Waals surface area contributed by atoms with Crippen LogP contribution in [0.15, 0.2) is 12.5 Å². The van der Waals surface area contributed by atoms with Crippen LogP contribution in [0.25, 0.3) is 0 Å². The molecule has 1 rings (SSSR count). The summed E-state index contributed by atoms with van der Waals surface area (Å²) in [5.74, 6) is -0.128. The fourth-order valence-electron chi connectivity index (χ4n) is 1.68. The molecule has 108 valence electrons. The lowest BCUT2D eigenvalue weighted by atomic mass is 10.1. The van der Waals surface area contributed by atoms with Crippen LogP contribution in [0.4, 0.5) is 0 Å². The van der Waals surface area contributed by atoms with Gasteiger partial charge in [-0.2, -0.15) is 0 Å². The molecule has 0 fully saturated rings. The van der Waals surface area contributed by atoms with E-state index in [1.165, 1.54) is 0 Å². The Morgan fingerprint density at radius 3 is 2.84 bits per heavy atom. The number of imidazole rings is 1. The van der Waals surface area contributed by atoms with E-state index in [0.717, 1.165) is 25.2 Å². The number of carbonyl (C=O) groups excluding carboxylic acids is 1. The maximum atomic E-state index is 11.3. The zero-order valence-electron chi connectivity index (χ0n) is 12.4. The van der Waals surface area contributed by atoms with Crippen LogP contribution in [-0.4, -0.2) is 27.7 Å². The Balaban J connectivity index is 2.38. The molecule has 19 heavy (non-hydrogen) atoms. The molecule has 0 aliphatic heterocycles. The molecule has 0 spiro atoms. The van der Waals surface area contributed by atoms with Crippen LogP contribution in [0.3, 0.4) is 0 Å². The van der Waals surface area contributed by atoms with Crippen LogP contribution in [-0.2, 0) is 22.6 Å². The Hall–Kier alpha value is -1.36. The minimum absolute atomic E-state index is 0.0834. The summed E-state index contributed by atoms with van der Waals surface area (Å²) in [4.78, 5) is 15.4. The molecule has 1 N–H and O–H groups in total. The van der Waals surface area contributed by atoms with Gasteiger partial charge in [0.05, 0.1) is 18.6 Å². The lowest BCUT2D eigenvalue weighted by Gasteiger charge is -2.20. The number of nitrogens with zero attached hydrogens (tertiary/aromatic N) is 2. The van der Waals surface area contributed by atoms with Crippen molar-refractivity contribution in [3.05, 3.63) is 18.2 Å². The van der Waals surface area contributed by atoms with Crippen LogP contribution in [0.1, 0.15) is 46.2 Å². The van der Waals surface area contributed by atoms with Gasteiger partial charge in [0.1, 0.15) is 0 Å². The molecule has 0 saturated heterocycles. The zero-order valence-corrected chi connectivity index (χ0v) is 12.4. The summed E-state index contributed by atoms with van der Waals surface area (Å²) in [6.07, 6.45) is 4.91. The molecule has 0 radical (unpaired) electrons. The van der Waals surface area contributed by atoms with Crippen LogP contribution in [0.2, 0.25) is 0 Å². The third kappa shape index (κ3) is 6.38. The first-order valence-electron chi connectivity index (χ1n) is 6.82. The van der Waals surface area contributed by atoms with Crippen LogP contribution < -0.4 is 5.32 Å². The van der Waals surface area contributed by atoms with Crippen LogP contribution in [0.5, 0.6) is 0 Å². The molecule has 0 saturated carbocycles. The molecular weight excluding hydrogens is 242 g/mol. The van der Waals surface area contributed by atoms with Gasteiger partial charge >= 0.3 is 5.97 Å². The molecule has 5 heteroatoms. The quantitative estimate of drug-likeness (QED) is 0.769. The SMILES string of the molecule is CCOC(=O)CCCn1cncc1CNC(C)(C)C. The van der Waals surface area contributed by atoms with E-state index in [0.29, 0.717) is 13.0 Å². The van der Waals surface area contributed by atoms with Crippen LogP contribution in [0, 0.1) is 0 Å². The van der Waals surface area contributed by atoms with Gasteiger partial charge in [0.2, 0.25) is 0 Å². The van der Waals surface area contributed by atoms with Gasteiger partial charge in [0.25, 0.3) is 0 Å². The van der Waals surface area contributed by atoms with Gasteiger partial charge in [-0.15, -0.1) is 0 Å². The highest BCUT2D eigenvalue weighted by Crippen LogP contribution is 2.06. The van der Waals surface area contributed by atoms with E-state index in [-0.39, 0.29) is 11.5 Å². The number of ether oxygens (including phenoxy) is 1. The third-order valence-corrected chi connectivity index (χ3v) is 2.68. The van der Waals surface area contributed by atoms with E-state index in [1.54, 1.807) is 0 Å². The van der Waals surface area contributed by atoms with Crippen molar-refractivity contribution in [2.24, 2.45) is 0 Å². The van der Waals surface area contributed by atoms with Gasteiger partial charge in [0.15, 0.2) is 0 Å². The Bertz CT molecular complexity index is 394. The highest BCUT2D eigenvalue weighted by molar-refractivity contribution is 5.69. The number of hydrogen-bond acceptors (Lipinski definition) is 4. The Labute approximate surface area is 115 Å². The number of esters is 1. The Kier molecular flexibility index (Phi) is 6.02. The third-order valence-electron chi connectivity index (χ3n) is 2.68. The van der Waals surface area contributed by atoms with Crippen molar-refractivity contribution in [2.45, 2.75) is 59.2 Å². The highest BCUT2D eigenvalue weighted by Gasteiger charge is 2.10. The van der Waals surface area contributed by atoms with Gasteiger partial charge in [-0.3, -0.25) is 4.79 Å². The standard InChI is InChI=1S/C14H25N3O2/c1-5-19-13(18)7-6-8-17-11-15-9-12(17)10-16-14(2,3)4/h9,11,16H,5-8,10H2,1-4H3. The van der Waals surface area contributed by atoms with E-state index >= 15 is 0 Å². The Morgan fingerprint density at radius 2 is 2.21 bits per heavy atom. The number of rotatable bonds is 7. The number of aryl methyl sites for hydroxylation is 1. The normalized spacial score (nSPS) is 11.6. The summed E-state index contributed by atoms with van der Waals surface area (Å²) in [6.45, 7) is 10.2. The van der Waals surface area contributed by atoms with Crippen molar-refractivity contribution in [3.8, 4) is 0 Å². The molecule has 0 unspecified atom stereocenters. The fraction of sp³-hybridized carbons (Fsp3) is 0.714. The molecule has 0 aliphatic rings. The molecule has 1 aromatic rings. The summed E-state index contributed by atoms with van der Waals surface area (Å²) >= 11 is 0. The second kappa shape index (κ2) is 7.28. The van der Waals surface area contributed by atoms with E-state index in [9.17, 15) is 4.79 Å². The maximum absolute atomic E-state index is 11.3. The molecular formula is C14H25N3O2. The van der Waals surface area contributed by atoms with Gasteiger partial charge < -0.3 is 14.6 Å². The predicted molar refractivity (Wildman–Crippen MR) is 74.7 cm³/mol. The predicted octanol–water partition coefficient (Wildman–Crippen LogP) is 2.11. The van der Waals surface area contributed by atoms with E-state index in [4.69, 9.17) is 4.74 Å². The largest absolute Gasteiger partial charge is 0.466 e. The van der Waals surface area contributed by atoms with Crippen molar-refractivity contribution in [2.75, 3.05) is 6.61 Å². The number of nitrogens with one attached hydrogen (secondary N) is 1. The number of aromatic nitrogens is 2. The summed E-state index contributed by atoms with van der Waals surface area (Å²) < 4.78 is 6.99. The second-order valence-electron chi connectivity index (χ2n) is 5.59. The smallest absolute Gasteiger partial charge is 0.305 e. The zero-order chi connectivity index (χ0) is 14.3. The monoisotopic (exact) mass is 267 g/mol. The summed E-state index contributed by atoms with van der Waals surface area (Å²) in [5, 5.41) is 3.43. The molecule has 1 aromatic heterocycles. The van der Waals surface area contributed by atoms with Crippen molar-refractivity contribution in [1.82, 2.24) is 14.9 Å². The van der Waals surface area contributed by atoms with Crippen molar-refractivity contribution < 1.29 is 9.53 Å². The number of hydrogen-bond donors (Lipinski definition) is 1. The second-order valence-corrected chi connectivity index (χ2v) is 5.59. The number of carbonyl (C=O) groups is 1. The lowest BCUT2D eigenvalue weighted by molar-refractivity contribution is -0.143. The van der Waals surface area contributed by atoms with E-state index in [1.807, 2.05) is 19.4 Å². The van der Waals surface area contributed by atoms with Crippen molar-refractivity contribution >= 4 is 5.97 Å². The summed E-state index contributed by atoms with van der Waals surface area (Å²) in [6, 6.07) is 0. The van der Waals surface area contributed by atoms with E-state index in [2.05, 4.69) is 35.6 Å². The molecule has 0 bridgehead atoms. The van der Waals surface area contributed by atoms with Gasteiger partial charge in [0, 0.05) is 31.2 Å². The minimum Gasteiger partial charge on any atom is -0.466 e.